The van der Waals surface area contributed by atoms with Gasteiger partial charge in [0.05, 0.1) is 25.4 Å². The molecule has 0 aliphatic carbocycles. The molecule has 0 bridgehead atoms. The van der Waals surface area contributed by atoms with E-state index < -0.39 is 0 Å². The van der Waals surface area contributed by atoms with Crippen molar-refractivity contribution in [1.29, 1.82) is 0 Å². The maximum absolute atomic E-state index is 12.2. The number of benzene rings is 1. The second kappa shape index (κ2) is 8.34. The number of amides is 2. The van der Waals surface area contributed by atoms with Crippen LogP contribution in [0.2, 0.25) is 0 Å². The number of carbonyl (C=O) groups excluding carboxylic acids is 1. The number of methoxy groups -OCH3 is 1. The number of aromatic nitrogens is 1. The molecule has 0 radical (unpaired) electrons. The largest absolute Gasteiger partial charge is 0.497 e. The Hall–Kier alpha value is -2.08. The molecular formula is C19H27N3O2S. The van der Waals surface area contributed by atoms with Crippen LogP contribution in [0.4, 0.5) is 4.79 Å². The number of ether oxygens (including phenoxy) is 1. The third kappa shape index (κ3) is 5.46. The fourth-order valence-corrected chi connectivity index (χ4v) is 3.32. The van der Waals surface area contributed by atoms with Gasteiger partial charge in [0.15, 0.2) is 0 Å². The number of nitrogens with zero attached hydrogens (tertiary/aromatic N) is 1. The van der Waals surface area contributed by atoms with Crippen molar-refractivity contribution in [3.63, 3.8) is 0 Å². The van der Waals surface area contributed by atoms with Crippen LogP contribution in [-0.4, -0.2) is 18.1 Å². The predicted molar refractivity (Wildman–Crippen MR) is 102 cm³/mol. The molecule has 5 nitrogen and oxygen atoms in total. The molecule has 2 rings (SSSR count). The van der Waals surface area contributed by atoms with Crippen LogP contribution < -0.4 is 15.4 Å². The summed E-state index contributed by atoms with van der Waals surface area (Å²) in [5, 5.41) is 8.88. The molecule has 1 aromatic carbocycles. The minimum atomic E-state index is -0.185. The second-order valence-corrected chi connectivity index (χ2v) is 7.88. The molecule has 0 aliphatic rings. The average molecular weight is 362 g/mol. The third-order valence-electron chi connectivity index (χ3n) is 3.95. The topological polar surface area (TPSA) is 63.2 Å². The summed E-state index contributed by atoms with van der Waals surface area (Å²) in [6.45, 7) is 8.88. The number of carbonyl (C=O) groups is 1. The summed E-state index contributed by atoms with van der Waals surface area (Å²) in [4.78, 5) is 16.8. The van der Waals surface area contributed by atoms with Crippen molar-refractivity contribution in [2.45, 2.75) is 52.1 Å². The van der Waals surface area contributed by atoms with Crippen molar-refractivity contribution >= 4 is 17.4 Å². The Morgan fingerprint density at radius 2 is 1.96 bits per heavy atom. The van der Waals surface area contributed by atoms with Gasteiger partial charge in [-0.3, -0.25) is 0 Å². The highest BCUT2D eigenvalue weighted by molar-refractivity contribution is 7.09. The molecule has 6 heteroatoms. The lowest BCUT2D eigenvalue weighted by Gasteiger charge is -2.18. The first kappa shape index (κ1) is 19.2. The maximum Gasteiger partial charge on any atom is 0.315 e. The molecule has 136 valence electrons. The molecule has 0 spiro atoms. The first-order valence-electron chi connectivity index (χ1n) is 8.46. The van der Waals surface area contributed by atoms with Gasteiger partial charge in [-0.25, -0.2) is 9.78 Å². The zero-order valence-corrected chi connectivity index (χ0v) is 16.4. The van der Waals surface area contributed by atoms with Crippen LogP contribution in [0.15, 0.2) is 29.6 Å². The van der Waals surface area contributed by atoms with Gasteiger partial charge in [0.2, 0.25) is 0 Å². The van der Waals surface area contributed by atoms with Gasteiger partial charge in [-0.2, -0.15) is 0 Å². The van der Waals surface area contributed by atoms with Crippen LogP contribution in [0.5, 0.6) is 5.75 Å². The van der Waals surface area contributed by atoms with Crippen LogP contribution in [0.25, 0.3) is 0 Å². The number of hydrogen-bond acceptors (Lipinski definition) is 4. The second-order valence-electron chi connectivity index (χ2n) is 6.94. The molecule has 1 heterocycles. The molecule has 0 saturated heterocycles. The molecule has 1 aromatic heterocycles. The van der Waals surface area contributed by atoms with E-state index in [1.54, 1.807) is 18.4 Å². The molecule has 0 saturated carbocycles. The van der Waals surface area contributed by atoms with E-state index in [1.165, 1.54) is 0 Å². The molecule has 2 amide bonds. The molecule has 25 heavy (non-hydrogen) atoms. The van der Waals surface area contributed by atoms with Crippen molar-refractivity contribution in [2.24, 2.45) is 0 Å². The minimum Gasteiger partial charge on any atom is -0.497 e. The van der Waals surface area contributed by atoms with E-state index in [9.17, 15) is 4.79 Å². The molecule has 0 aliphatic heterocycles. The van der Waals surface area contributed by atoms with Gasteiger partial charge in [0.25, 0.3) is 0 Å². The zero-order chi connectivity index (χ0) is 18.4. The van der Waals surface area contributed by atoms with Gasteiger partial charge >= 0.3 is 6.03 Å². The lowest BCUT2D eigenvalue weighted by Crippen LogP contribution is -2.37. The van der Waals surface area contributed by atoms with Crippen molar-refractivity contribution in [2.75, 3.05) is 7.11 Å². The van der Waals surface area contributed by atoms with Crippen LogP contribution in [-0.2, 0) is 12.0 Å². The van der Waals surface area contributed by atoms with E-state index >= 15 is 0 Å². The van der Waals surface area contributed by atoms with Crippen LogP contribution in [0, 0.1) is 0 Å². The monoisotopic (exact) mass is 361 g/mol. The van der Waals surface area contributed by atoms with Crippen molar-refractivity contribution in [3.8, 4) is 5.75 Å². The van der Waals surface area contributed by atoms with Gasteiger partial charge in [-0.15, -0.1) is 11.3 Å². The Labute approximate surface area is 153 Å². The summed E-state index contributed by atoms with van der Waals surface area (Å²) in [7, 11) is 1.64. The number of nitrogens with one attached hydrogen (secondary N) is 2. The normalized spacial score (nSPS) is 12.5. The summed E-state index contributed by atoms with van der Waals surface area (Å²) in [5.41, 5.74) is 2.14. The number of thiazole rings is 1. The molecule has 2 N–H and O–H groups in total. The first-order valence-corrected chi connectivity index (χ1v) is 9.34. The van der Waals surface area contributed by atoms with E-state index in [0.717, 1.165) is 28.4 Å². The van der Waals surface area contributed by atoms with E-state index in [-0.39, 0.29) is 17.5 Å². The highest BCUT2D eigenvalue weighted by atomic mass is 32.1. The Kier molecular flexibility index (Phi) is 6.42. The lowest BCUT2D eigenvalue weighted by molar-refractivity contribution is 0.236. The SMILES string of the molecule is CCC(NC(=O)NCc1nc(C(C)(C)C)cs1)c1ccc(OC)cc1. The van der Waals surface area contributed by atoms with Crippen molar-refractivity contribution < 1.29 is 9.53 Å². The third-order valence-corrected chi connectivity index (χ3v) is 4.80. The summed E-state index contributed by atoms with van der Waals surface area (Å²) in [6.07, 6.45) is 0.811. The van der Waals surface area contributed by atoms with Gasteiger partial charge < -0.3 is 15.4 Å². The van der Waals surface area contributed by atoms with Gasteiger partial charge in [-0.1, -0.05) is 39.8 Å². The Morgan fingerprint density at radius 1 is 1.28 bits per heavy atom. The quantitative estimate of drug-likeness (QED) is 0.801. The lowest BCUT2D eigenvalue weighted by atomic mass is 9.93. The number of urea groups is 1. The van der Waals surface area contributed by atoms with Crippen LogP contribution in [0.1, 0.15) is 56.4 Å². The van der Waals surface area contributed by atoms with Gasteiger partial charge in [-0.05, 0) is 24.1 Å². The summed E-state index contributed by atoms with van der Waals surface area (Å²) < 4.78 is 5.17. The van der Waals surface area contributed by atoms with Gasteiger partial charge in [0.1, 0.15) is 10.8 Å². The highest BCUT2D eigenvalue weighted by Crippen LogP contribution is 2.24. The molecular weight excluding hydrogens is 334 g/mol. The summed E-state index contributed by atoms with van der Waals surface area (Å²) in [5.74, 6) is 0.807. The first-order chi connectivity index (χ1) is 11.8. The predicted octanol–water partition coefficient (Wildman–Crippen LogP) is 4.40. The van der Waals surface area contributed by atoms with E-state index in [1.807, 2.05) is 31.2 Å². The van der Waals surface area contributed by atoms with E-state index in [2.05, 4.69) is 41.8 Å². The fraction of sp³-hybridized carbons (Fsp3) is 0.474. The average Bonchev–Trinajstić information content (AvgIpc) is 3.07. The standard InChI is InChI=1S/C19H27N3O2S/c1-6-15(13-7-9-14(24-5)10-8-13)21-18(23)20-11-17-22-16(12-25-17)19(2,3)4/h7-10,12,15H,6,11H2,1-5H3,(H2,20,21,23). The van der Waals surface area contributed by atoms with Crippen molar-refractivity contribution in [1.82, 2.24) is 15.6 Å². The Bertz CT molecular complexity index is 689. The molecule has 1 atom stereocenters. The molecule has 1 unspecified atom stereocenters. The highest BCUT2D eigenvalue weighted by Gasteiger charge is 2.18. The maximum atomic E-state index is 12.2. The Morgan fingerprint density at radius 3 is 2.48 bits per heavy atom. The van der Waals surface area contributed by atoms with E-state index in [4.69, 9.17) is 4.74 Å². The zero-order valence-electron chi connectivity index (χ0n) is 15.6. The summed E-state index contributed by atoms with van der Waals surface area (Å²) >= 11 is 1.58. The van der Waals surface area contributed by atoms with E-state index in [0.29, 0.717) is 6.54 Å². The van der Waals surface area contributed by atoms with Crippen LogP contribution >= 0.6 is 11.3 Å². The number of rotatable bonds is 6. The number of hydrogen-bond donors (Lipinski definition) is 2. The molecule has 0 fully saturated rings. The molecule has 2 aromatic rings. The van der Waals surface area contributed by atoms with Crippen LogP contribution in [0.3, 0.4) is 0 Å². The summed E-state index contributed by atoms with van der Waals surface area (Å²) in [6, 6.07) is 7.54. The minimum absolute atomic E-state index is 0.0265. The fourth-order valence-electron chi connectivity index (χ4n) is 2.36. The van der Waals surface area contributed by atoms with Crippen molar-refractivity contribution in [3.05, 3.63) is 45.9 Å². The Balaban J connectivity index is 1.90. The van der Waals surface area contributed by atoms with Gasteiger partial charge in [0, 0.05) is 10.8 Å². The smallest absolute Gasteiger partial charge is 0.315 e.